The zero-order valence-electron chi connectivity index (χ0n) is 6.90. The van der Waals surface area contributed by atoms with E-state index in [4.69, 9.17) is 0 Å². The molecule has 1 aliphatic rings. The van der Waals surface area contributed by atoms with Gasteiger partial charge in [-0.25, -0.2) is 0 Å². The van der Waals surface area contributed by atoms with E-state index in [9.17, 15) is 13.2 Å². The van der Waals surface area contributed by atoms with Crippen LogP contribution in [0.5, 0.6) is 0 Å². The van der Waals surface area contributed by atoms with Crippen LogP contribution in [0.2, 0.25) is 0 Å². The van der Waals surface area contributed by atoms with E-state index in [1.54, 1.807) is 4.90 Å². The fourth-order valence-corrected chi connectivity index (χ4v) is 1.19. The van der Waals surface area contributed by atoms with Crippen molar-refractivity contribution < 1.29 is 17.9 Å². The van der Waals surface area contributed by atoms with Crippen LogP contribution in [0.25, 0.3) is 0 Å². The van der Waals surface area contributed by atoms with Crippen LogP contribution in [0, 0.1) is 0 Å². The smallest absolute Gasteiger partial charge is 0.366 e. The highest BCUT2D eigenvalue weighted by molar-refractivity contribution is 4.76. The Morgan fingerprint density at radius 2 is 2.17 bits per heavy atom. The van der Waals surface area contributed by atoms with Gasteiger partial charge in [-0.1, -0.05) is 6.92 Å². The van der Waals surface area contributed by atoms with Gasteiger partial charge in [0.25, 0.3) is 0 Å². The van der Waals surface area contributed by atoms with E-state index >= 15 is 0 Å². The van der Waals surface area contributed by atoms with Crippen molar-refractivity contribution in [3.05, 3.63) is 0 Å². The highest BCUT2D eigenvalue weighted by Gasteiger charge is 2.42. The molecule has 0 amide bonds. The van der Waals surface area contributed by atoms with Crippen molar-refractivity contribution in [1.29, 1.82) is 0 Å². The predicted molar refractivity (Wildman–Crippen MR) is 37.9 cm³/mol. The molecule has 1 atom stereocenters. The molecule has 0 aromatic rings. The predicted octanol–water partition coefficient (Wildman–Crippen LogP) is 1.27. The number of hydrogen-bond donors (Lipinski definition) is 0. The van der Waals surface area contributed by atoms with E-state index in [1.165, 1.54) is 0 Å². The second-order valence-electron chi connectivity index (χ2n) is 2.79. The molecule has 1 fully saturated rings. The zero-order chi connectivity index (χ0) is 9.19. The van der Waals surface area contributed by atoms with Gasteiger partial charge in [-0.15, -0.1) is 0 Å². The zero-order valence-corrected chi connectivity index (χ0v) is 6.90. The first-order valence-electron chi connectivity index (χ1n) is 3.94. The van der Waals surface area contributed by atoms with Crippen molar-refractivity contribution in [2.45, 2.75) is 19.2 Å². The van der Waals surface area contributed by atoms with Crippen LogP contribution < -0.4 is 0 Å². The first-order chi connectivity index (χ1) is 5.54. The van der Waals surface area contributed by atoms with E-state index in [-0.39, 0.29) is 13.2 Å². The minimum absolute atomic E-state index is 0.0278. The summed E-state index contributed by atoms with van der Waals surface area (Å²) in [6.07, 6.45) is -5.81. The van der Waals surface area contributed by atoms with Crippen LogP contribution in [-0.2, 0) is 4.74 Å². The van der Waals surface area contributed by atoms with Crippen LogP contribution >= 0.6 is 0 Å². The Labute approximate surface area is 69.3 Å². The van der Waals surface area contributed by atoms with Gasteiger partial charge in [-0.3, -0.25) is 4.90 Å². The van der Waals surface area contributed by atoms with Gasteiger partial charge in [0.15, 0.2) is 6.10 Å². The molecule has 0 unspecified atom stereocenters. The third-order valence-corrected chi connectivity index (χ3v) is 1.96. The Morgan fingerprint density at radius 3 is 2.67 bits per heavy atom. The summed E-state index contributed by atoms with van der Waals surface area (Å²) >= 11 is 0. The largest absolute Gasteiger partial charge is 0.415 e. The molecule has 12 heavy (non-hydrogen) atoms. The van der Waals surface area contributed by atoms with Gasteiger partial charge in [0.2, 0.25) is 0 Å². The fourth-order valence-electron chi connectivity index (χ4n) is 1.19. The summed E-state index contributed by atoms with van der Waals surface area (Å²) in [5, 5.41) is 0. The standard InChI is InChI=1S/C7H12F3NO/c1-2-11-3-4-12-6(5-11)7(8,9)10/h6H,2-5H2,1H3/t6-/m0/s1. The van der Waals surface area contributed by atoms with Gasteiger partial charge in [0, 0.05) is 13.1 Å². The maximum absolute atomic E-state index is 12.1. The monoisotopic (exact) mass is 183 g/mol. The molecule has 0 radical (unpaired) electrons. The molecular formula is C7H12F3NO. The summed E-state index contributed by atoms with van der Waals surface area (Å²) in [4.78, 5) is 1.74. The number of nitrogens with zero attached hydrogens (tertiary/aromatic N) is 1. The van der Waals surface area contributed by atoms with Gasteiger partial charge in [0.1, 0.15) is 0 Å². The molecule has 0 aliphatic carbocycles. The molecule has 0 saturated carbocycles. The minimum atomic E-state index is -4.21. The normalized spacial score (nSPS) is 27.5. The molecule has 0 bridgehead atoms. The molecule has 1 heterocycles. The maximum atomic E-state index is 12.1. The Kier molecular flexibility index (Phi) is 2.95. The maximum Gasteiger partial charge on any atom is 0.415 e. The van der Waals surface area contributed by atoms with E-state index in [2.05, 4.69) is 4.74 Å². The number of morpholine rings is 1. The summed E-state index contributed by atoms with van der Waals surface area (Å²) in [7, 11) is 0. The molecule has 72 valence electrons. The van der Waals surface area contributed by atoms with Crippen LogP contribution in [0.15, 0.2) is 0 Å². The Hall–Kier alpha value is -0.290. The number of rotatable bonds is 1. The summed E-state index contributed by atoms with van der Waals surface area (Å²) < 4.78 is 40.9. The van der Waals surface area contributed by atoms with Crippen LogP contribution in [0.3, 0.4) is 0 Å². The third kappa shape index (κ3) is 2.35. The molecule has 1 saturated heterocycles. The van der Waals surface area contributed by atoms with E-state index in [0.29, 0.717) is 13.1 Å². The van der Waals surface area contributed by atoms with Gasteiger partial charge in [-0.2, -0.15) is 13.2 Å². The topological polar surface area (TPSA) is 12.5 Å². The van der Waals surface area contributed by atoms with Gasteiger partial charge < -0.3 is 4.74 Å². The number of ether oxygens (including phenoxy) is 1. The SMILES string of the molecule is CCN1CCO[C@H](C(F)(F)F)C1. The summed E-state index contributed by atoms with van der Waals surface area (Å²) in [6, 6.07) is 0. The van der Waals surface area contributed by atoms with Crippen molar-refractivity contribution in [2.75, 3.05) is 26.2 Å². The third-order valence-electron chi connectivity index (χ3n) is 1.96. The van der Waals surface area contributed by atoms with E-state index in [1.807, 2.05) is 6.92 Å². The number of likely N-dealkylation sites (N-methyl/N-ethyl adjacent to an activating group) is 1. The van der Waals surface area contributed by atoms with Crippen molar-refractivity contribution in [3.8, 4) is 0 Å². The molecule has 0 spiro atoms. The molecule has 0 aromatic heterocycles. The first-order valence-corrected chi connectivity index (χ1v) is 3.94. The van der Waals surface area contributed by atoms with Crippen molar-refractivity contribution in [1.82, 2.24) is 4.90 Å². The lowest BCUT2D eigenvalue weighted by Crippen LogP contribution is -2.48. The van der Waals surface area contributed by atoms with Crippen molar-refractivity contribution in [2.24, 2.45) is 0 Å². The lowest BCUT2D eigenvalue weighted by molar-refractivity contribution is -0.236. The summed E-state index contributed by atoms with van der Waals surface area (Å²) in [5.41, 5.74) is 0. The number of halogens is 3. The van der Waals surface area contributed by atoms with Gasteiger partial charge >= 0.3 is 6.18 Å². The van der Waals surface area contributed by atoms with E-state index in [0.717, 1.165) is 0 Å². The molecule has 0 N–H and O–H groups in total. The molecule has 0 aromatic carbocycles. The number of alkyl halides is 3. The molecular weight excluding hydrogens is 171 g/mol. The molecule has 1 rings (SSSR count). The van der Waals surface area contributed by atoms with Crippen molar-refractivity contribution >= 4 is 0 Å². The van der Waals surface area contributed by atoms with Crippen LogP contribution in [0.4, 0.5) is 13.2 Å². The summed E-state index contributed by atoms with van der Waals surface area (Å²) in [6.45, 7) is 3.25. The molecule has 1 aliphatic heterocycles. The number of hydrogen-bond acceptors (Lipinski definition) is 2. The average molecular weight is 183 g/mol. The average Bonchev–Trinajstić information content (AvgIpc) is 2.03. The molecule has 5 heteroatoms. The minimum Gasteiger partial charge on any atom is -0.366 e. The Balaban J connectivity index is 2.46. The second kappa shape index (κ2) is 3.62. The highest BCUT2D eigenvalue weighted by atomic mass is 19.4. The Bertz CT molecular complexity index is 148. The quantitative estimate of drug-likeness (QED) is 0.607. The van der Waals surface area contributed by atoms with Gasteiger partial charge in [-0.05, 0) is 6.54 Å². The van der Waals surface area contributed by atoms with Crippen LogP contribution in [0.1, 0.15) is 6.92 Å². The fraction of sp³-hybridized carbons (Fsp3) is 1.00. The second-order valence-corrected chi connectivity index (χ2v) is 2.79. The molecule has 2 nitrogen and oxygen atoms in total. The Morgan fingerprint density at radius 1 is 1.50 bits per heavy atom. The van der Waals surface area contributed by atoms with Gasteiger partial charge in [0.05, 0.1) is 6.61 Å². The highest BCUT2D eigenvalue weighted by Crippen LogP contribution is 2.25. The lowest BCUT2D eigenvalue weighted by atomic mass is 10.2. The first kappa shape index (κ1) is 9.80. The summed E-state index contributed by atoms with van der Waals surface area (Å²) in [5.74, 6) is 0. The van der Waals surface area contributed by atoms with Crippen molar-refractivity contribution in [3.63, 3.8) is 0 Å². The van der Waals surface area contributed by atoms with Crippen LogP contribution in [-0.4, -0.2) is 43.4 Å². The lowest BCUT2D eigenvalue weighted by Gasteiger charge is -2.32. The van der Waals surface area contributed by atoms with E-state index < -0.39 is 12.3 Å².